The number of hydrogen-bond donors (Lipinski definition) is 2. The largest absolute Gasteiger partial charge is 0.478 e. The third-order valence-electron chi connectivity index (χ3n) is 3.70. The van der Waals surface area contributed by atoms with Gasteiger partial charge < -0.3 is 15.2 Å². The molecule has 0 fully saturated rings. The topological polar surface area (TPSA) is 52.6 Å². The lowest BCUT2D eigenvalue weighted by Gasteiger charge is -2.21. The number of nitrogens with zero attached hydrogens (tertiary/aromatic N) is 1. The van der Waals surface area contributed by atoms with Crippen molar-refractivity contribution in [2.45, 2.75) is 6.42 Å². The second-order valence-electron chi connectivity index (χ2n) is 4.82. The first-order valence-corrected chi connectivity index (χ1v) is 6.61. The van der Waals surface area contributed by atoms with Gasteiger partial charge in [0.2, 0.25) is 7.98 Å². The number of carbonyl (C=O) groups is 1. The van der Waals surface area contributed by atoms with Crippen LogP contribution < -0.4 is 10.1 Å². The van der Waals surface area contributed by atoms with E-state index in [1.54, 1.807) is 14.0 Å². The standard InChI is InChI=1S/C15H15BN2O2/c16-17-13-9-11(5-6-12(13)15(19)20)18-8-7-10-3-1-2-4-14(10)18/h1-6,9,17H,7-8,16H2,(H,19,20). The van der Waals surface area contributed by atoms with Gasteiger partial charge in [-0.2, -0.15) is 0 Å². The molecule has 4 nitrogen and oxygen atoms in total. The summed E-state index contributed by atoms with van der Waals surface area (Å²) in [6, 6.07) is 13.7. The summed E-state index contributed by atoms with van der Waals surface area (Å²) in [5.41, 5.74) is 4.49. The SMILES string of the molecule is BNc1cc(N2CCc3ccccc32)ccc1C(=O)O. The summed E-state index contributed by atoms with van der Waals surface area (Å²) in [6.07, 6.45) is 1.02. The maximum atomic E-state index is 11.2. The van der Waals surface area contributed by atoms with Gasteiger partial charge in [-0.3, -0.25) is 0 Å². The number of anilines is 3. The molecule has 0 amide bonds. The molecule has 0 saturated carbocycles. The van der Waals surface area contributed by atoms with E-state index in [1.165, 1.54) is 11.3 Å². The predicted octanol–water partition coefficient (Wildman–Crippen LogP) is 2.04. The maximum Gasteiger partial charge on any atom is 0.337 e. The number of rotatable bonds is 3. The van der Waals surface area contributed by atoms with Crippen LogP contribution in [0.25, 0.3) is 0 Å². The van der Waals surface area contributed by atoms with Crippen LogP contribution in [0, 0.1) is 0 Å². The van der Waals surface area contributed by atoms with E-state index in [-0.39, 0.29) is 0 Å². The summed E-state index contributed by atoms with van der Waals surface area (Å²) < 4.78 is 0. The summed E-state index contributed by atoms with van der Waals surface area (Å²) in [5, 5.41) is 12.1. The number of benzene rings is 2. The van der Waals surface area contributed by atoms with Crippen LogP contribution in [0.2, 0.25) is 0 Å². The maximum absolute atomic E-state index is 11.2. The number of para-hydroxylation sites is 1. The van der Waals surface area contributed by atoms with Crippen LogP contribution in [-0.4, -0.2) is 25.6 Å². The third kappa shape index (κ3) is 2.01. The molecule has 0 unspecified atom stereocenters. The smallest absolute Gasteiger partial charge is 0.337 e. The van der Waals surface area contributed by atoms with Crippen molar-refractivity contribution >= 4 is 31.0 Å². The second-order valence-corrected chi connectivity index (χ2v) is 4.82. The summed E-state index contributed by atoms with van der Waals surface area (Å²) in [4.78, 5) is 13.4. The van der Waals surface area contributed by atoms with Crippen molar-refractivity contribution in [1.29, 1.82) is 0 Å². The molecule has 0 bridgehead atoms. The first kappa shape index (κ1) is 12.6. The second kappa shape index (κ2) is 4.92. The monoisotopic (exact) mass is 266 g/mol. The Hall–Kier alpha value is -2.43. The molecular formula is C15H15BN2O2. The lowest BCUT2D eigenvalue weighted by molar-refractivity contribution is 0.0698. The summed E-state index contributed by atoms with van der Waals surface area (Å²) in [7, 11) is 1.74. The molecule has 1 aliphatic rings. The Morgan fingerprint density at radius 3 is 2.80 bits per heavy atom. The fourth-order valence-corrected chi connectivity index (χ4v) is 2.70. The van der Waals surface area contributed by atoms with Gasteiger partial charge in [-0.25, -0.2) is 4.79 Å². The molecule has 20 heavy (non-hydrogen) atoms. The van der Waals surface area contributed by atoms with Gasteiger partial charge in [-0.1, -0.05) is 18.2 Å². The van der Waals surface area contributed by atoms with Crippen LogP contribution in [0.3, 0.4) is 0 Å². The van der Waals surface area contributed by atoms with Crippen molar-refractivity contribution in [1.82, 2.24) is 0 Å². The average Bonchev–Trinajstić information content (AvgIpc) is 2.90. The lowest BCUT2D eigenvalue weighted by Crippen LogP contribution is -2.14. The molecule has 2 aromatic carbocycles. The Morgan fingerprint density at radius 1 is 1.25 bits per heavy atom. The highest BCUT2D eigenvalue weighted by molar-refractivity contribution is 6.18. The van der Waals surface area contributed by atoms with Crippen molar-refractivity contribution in [3.05, 3.63) is 53.6 Å². The van der Waals surface area contributed by atoms with Crippen LogP contribution >= 0.6 is 0 Å². The van der Waals surface area contributed by atoms with Gasteiger partial charge in [0.15, 0.2) is 0 Å². The molecule has 0 saturated heterocycles. The summed E-state index contributed by atoms with van der Waals surface area (Å²) in [6.45, 7) is 0.926. The third-order valence-corrected chi connectivity index (χ3v) is 3.70. The van der Waals surface area contributed by atoms with Crippen molar-refractivity contribution in [2.24, 2.45) is 0 Å². The molecule has 1 aliphatic heterocycles. The number of carboxylic acids is 1. The zero-order valence-corrected chi connectivity index (χ0v) is 11.3. The molecule has 0 atom stereocenters. The fourth-order valence-electron chi connectivity index (χ4n) is 2.70. The van der Waals surface area contributed by atoms with Crippen molar-refractivity contribution in [2.75, 3.05) is 16.7 Å². The Kier molecular flexibility index (Phi) is 3.10. The number of hydrogen-bond acceptors (Lipinski definition) is 3. The molecule has 0 aromatic heterocycles. The van der Waals surface area contributed by atoms with E-state index in [1.807, 2.05) is 18.2 Å². The van der Waals surface area contributed by atoms with Gasteiger partial charge in [0.25, 0.3) is 0 Å². The molecule has 1 heterocycles. The van der Waals surface area contributed by atoms with Gasteiger partial charge in [-0.15, -0.1) is 0 Å². The van der Waals surface area contributed by atoms with Gasteiger partial charge >= 0.3 is 5.97 Å². The Morgan fingerprint density at radius 2 is 2.05 bits per heavy atom. The van der Waals surface area contributed by atoms with Gasteiger partial charge in [0.05, 0.1) is 5.56 Å². The quantitative estimate of drug-likeness (QED) is 0.835. The van der Waals surface area contributed by atoms with Crippen molar-refractivity contribution in [3.8, 4) is 0 Å². The number of carboxylic acid groups (broad SMARTS) is 1. The minimum Gasteiger partial charge on any atom is -0.478 e. The van der Waals surface area contributed by atoms with Gasteiger partial charge in [0.1, 0.15) is 0 Å². The Labute approximate surface area is 118 Å². The number of nitrogens with one attached hydrogen (secondary N) is 1. The van der Waals surface area contributed by atoms with E-state index in [2.05, 4.69) is 28.3 Å². The van der Waals surface area contributed by atoms with E-state index in [4.69, 9.17) is 5.11 Å². The van der Waals surface area contributed by atoms with Crippen LogP contribution in [0.15, 0.2) is 42.5 Å². The number of aromatic carboxylic acids is 1. The predicted molar refractivity (Wildman–Crippen MR) is 82.7 cm³/mol. The van der Waals surface area contributed by atoms with E-state index in [0.717, 1.165) is 18.7 Å². The van der Waals surface area contributed by atoms with E-state index in [9.17, 15) is 4.79 Å². The molecule has 2 N–H and O–H groups in total. The van der Waals surface area contributed by atoms with E-state index in [0.29, 0.717) is 11.3 Å². The normalized spacial score (nSPS) is 13.1. The van der Waals surface area contributed by atoms with Crippen LogP contribution in [0.5, 0.6) is 0 Å². The van der Waals surface area contributed by atoms with E-state index < -0.39 is 5.97 Å². The van der Waals surface area contributed by atoms with Crippen LogP contribution in [0.1, 0.15) is 15.9 Å². The zero-order chi connectivity index (χ0) is 14.1. The highest BCUT2D eigenvalue weighted by Crippen LogP contribution is 2.35. The molecule has 3 rings (SSSR count). The first-order valence-electron chi connectivity index (χ1n) is 6.61. The molecule has 5 heteroatoms. The van der Waals surface area contributed by atoms with Gasteiger partial charge in [0, 0.05) is 23.6 Å². The summed E-state index contributed by atoms with van der Waals surface area (Å²) in [5.74, 6) is -0.914. The molecule has 0 spiro atoms. The molecule has 0 radical (unpaired) electrons. The van der Waals surface area contributed by atoms with Crippen molar-refractivity contribution in [3.63, 3.8) is 0 Å². The van der Waals surface area contributed by atoms with Crippen molar-refractivity contribution < 1.29 is 9.90 Å². The van der Waals surface area contributed by atoms with E-state index >= 15 is 0 Å². The average molecular weight is 266 g/mol. The van der Waals surface area contributed by atoms with Crippen LogP contribution in [-0.2, 0) is 6.42 Å². The molecule has 100 valence electrons. The summed E-state index contributed by atoms with van der Waals surface area (Å²) >= 11 is 0. The minimum atomic E-state index is -0.914. The molecule has 2 aromatic rings. The molecule has 0 aliphatic carbocycles. The number of fused-ring (bicyclic) bond motifs is 1. The van der Waals surface area contributed by atoms with Crippen LogP contribution in [0.4, 0.5) is 17.1 Å². The lowest BCUT2D eigenvalue weighted by atomic mass is 10.1. The highest BCUT2D eigenvalue weighted by Gasteiger charge is 2.21. The first-order chi connectivity index (χ1) is 9.70. The minimum absolute atomic E-state index is 0.295. The molecular weight excluding hydrogens is 251 g/mol. The van der Waals surface area contributed by atoms with Gasteiger partial charge in [-0.05, 0) is 36.2 Å². The highest BCUT2D eigenvalue weighted by atomic mass is 16.4. The Bertz CT molecular complexity index is 673. The zero-order valence-electron chi connectivity index (χ0n) is 11.3. The Balaban J connectivity index is 2.02. The fraction of sp³-hybridized carbons (Fsp3) is 0.133.